The number of rotatable bonds is 6. The number of halogens is 1. The predicted molar refractivity (Wildman–Crippen MR) is 92.6 cm³/mol. The van der Waals surface area contributed by atoms with Gasteiger partial charge in [-0.15, -0.1) is 0 Å². The molecule has 0 saturated carbocycles. The lowest BCUT2D eigenvalue weighted by atomic mass is 9.96. The first kappa shape index (κ1) is 20.5. The van der Waals surface area contributed by atoms with Crippen LogP contribution < -0.4 is 15.8 Å². The van der Waals surface area contributed by atoms with E-state index >= 15 is 0 Å². The Morgan fingerprint density at radius 1 is 1.25 bits per heavy atom. The highest BCUT2D eigenvalue weighted by Gasteiger charge is 2.29. The van der Waals surface area contributed by atoms with Gasteiger partial charge in [0.1, 0.15) is 10.7 Å². The number of carbonyl (C=O) groups excluding carboxylic acids is 1. The second-order valence-corrected chi connectivity index (χ2v) is 8.77. The molecule has 0 aliphatic rings. The van der Waals surface area contributed by atoms with Crippen LogP contribution in [0.3, 0.4) is 0 Å². The third-order valence-corrected chi connectivity index (χ3v) is 4.98. The van der Waals surface area contributed by atoms with Gasteiger partial charge >= 0.3 is 0 Å². The van der Waals surface area contributed by atoms with E-state index in [1.807, 2.05) is 6.92 Å². The molecule has 136 valence electrons. The van der Waals surface area contributed by atoms with Crippen molar-refractivity contribution < 1.29 is 17.6 Å². The van der Waals surface area contributed by atoms with Crippen LogP contribution in [0.1, 0.15) is 47.5 Å². The minimum Gasteiger partial charge on any atom is -0.324 e. The van der Waals surface area contributed by atoms with E-state index in [2.05, 4.69) is 10.0 Å². The molecule has 0 heterocycles. The summed E-state index contributed by atoms with van der Waals surface area (Å²) < 4.78 is 41.0. The second-order valence-electron chi connectivity index (χ2n) is 7.12. The molecule has 0 spiro atoms. The molecule has 0 saturated heterocycles. The Morgan fingerprint density at radius 3 is 2.33 bits per heavy atom. The Bertz CT molecular complexity index is 710. The van der Waals surface area contributed by atoms with Gasteiger partial charge in [0.15, 0.2) is 0 Å². The molecule has 1 aromatic carbocycles. The predicted octanol–water partition coefficient (Wildman–Crippen LogP) is 2.36. The zero-order valence-electron chi connectivity index (χ0n) is 14.7. The first-order chi connectivity index (χ1) is 10.8. The minimum absolute atomic E-state index is 0.170. The van der Waals surface area contributed by atoms with Crippen molar-refractivity contribution in [1.29, 1.82) is 0 Å². The molecule has 1 amide bonds. The molecule has 1 atom stereocenters. The van der Waals surface area contributed by atoms with Crippen LogP contribution >= 0.6 is 0 Å². The number of hydrogen-bond acceptors (Lipinski definition) is 4. The summed E-state index contributed by atoms with van der Waals surface area (Å²) in [6, 6.07) is 3.38. The highest BCUT2D eigenvalue weighted by atomic mass is 32.2. The molecule has 0 aliphatic heterocycles. The van der Waals surface area contributed by atoms with E-state index < -0.39 is 37.7 Å². The normalized spacial score (nSPS) is 15.0. The van der Waals surface area contributed by atoms with E-state index in [1.54, 1.807) is 27.7 Å². The van der Waals surface area contributed by atoms with Gasteiger partial charge in [-0.2, -0.15) is 0 Å². The molecule has 0 aromatic heterocycles. The first-order valence-electron chi connectivity index (χ1n) is 7.72. The number of benzene rings is 1. The molecule has 0 radical (unpaired) electrons. The SMILES string of the molecule is CCCC(C)(N)C(=O)Nc1ccc(F)c(S(=O)(=O)NC(C)(C)C)c1. The van der Waals surface area contributed by atoms with Crippen LogP contribution in [0.15, 0.2) is 23.1 Å². The lowest BCUT2D eigenvalue weighted by molar-refractivity contribution is -0.120. The zero-order chi connectivity index (χ0) is 18.8. The Morgan fingerprint density at radius 2 is 1.83 bits per heavy atom. The molecule has 8 heteroatoms. The maximum absolute atomic E-state index is 14.0. The smallest absolute Gasteiger partial charge is 0.244 e. The van der Waals surface area contributed by atoms with E-state index in [9.17, 15) is 17.6 Å². The van der Waals surface area contributed by atoms with Crippen molar-refractivity contribution >= 4 is 21.6 Å². The summed E-state index contributed by atoms with van der Waals surface area (Å²) in [5, 5.41) is 2.55. The van der Waals surface area contributed by atoms with Gasteiger partial charge in [0.05, 0.1) is 5.54 Å². The van der Waals surface area contributed by atoms with E-state index in [-0.39, 0.29) is 5.69 Å². The third kappa shape index (κ3) is 5.54. The highest BCUT2D eigenvalue weighted by molar-refractivity contribution is 7.89. The molecule has 4 N–H and O–H groups in total. The summed E-state index contributed by atoms with van der Waals surface area (Å²) in [4.78, 5) is 11.7. The van der Waals surface area contributed by atoms with Gasteiger partial charge in [-0.3, -0.25) is 4.79 Å². The van der Waals surface area contributed by atoms with Crippen LogP contribution in [0.25, 0.3) is 0 Å². The quantitative estimate of drug-likeness (QED) is 0.726. The van der Waals surface area contributed by atoms with Crippen molar-refractivity contribution in [2.45, 2.75) is 63.4 Å². The largest absolute Gasteiger partial charge is 0.324 e. The van der Waals surface area contributed by atoms with Crippen LogP contribution in [-0.2, 0) is 14.8 Å². The van der Waals surface area contributed by atoms with E-state index in [4.69, 9.17) is 5.73 Å². The van der Waals surface area contributed by atoms with Gasteiger partial charge in [0.2, 0.25) is 15.9 Å². The summed E-state index contributed by atoms with van der Waals surface area (Å²) >= 11 is 0. The van der Waals surface area contributed by atoms with Crippen molar-refractivity contribution in [2.24, 2.45) is 5.73 Å². The molecule has 1 aromatic rings. The van der Waals surface area contributed by atoms with Crippen molar-refractivity contribution in [3.05, 3.63) is 24.0 Å². The summed E-state index contributed by atoms with van der Waals surface area (Å²) in [5.74, 6) is -1.35. The standard InChI is InChI=1S/C16H26FN3O3S/c1-6-9-16(5,18)14(21)19-11-7-8-12(17)13(10-11)24(22,23)20-15(2,3)4/h7-8,10,20H,6,9,18H2,1-5H3,(H,19,21). The van der Waals surface area contributed by atoms with Crippen molar-refractivity contribution in [3.63, 3.8) is 0 Å². The lowest BCUT2D eigenvalue weighted by Crippen LogP contribution is -2.48. The topological polar surface area (TPSA) is 101 Å². The van der Waals surface area contributed by atoms with Crippen molar-refractivity contribution in [1.82, 2.24) is 4.72 Å². The Balaban J connectivity index is 3.13. The molecule has 24 heavy (non-hydrogen) atoms. The zero-order valence-corrected chi connectivity index (χ0v) is 15.6. The van der Waals surface area contributed by atoms with Gasteiger partial charge in [0.25, 0.3) is 0 Å². The number of nitrogens with one attached hydrogen (secondary N) is 2. The van der Waals surface area contributed by atoms with Crippen molar-refractivity contribution in [3.8, 4) is 0 Å². The number of amides is 1. The number of anilines is 1. The molecule has 1 unspecified atom stereocenters. The average Bonchev–Trinajstić information content (AvgIpc) is 2.37. The summed E-state index contributed by atoms with van der Waals surface area (Å²) in [6.45, 7) is 8.45. The lowest BCUT2D eigenvalue weighted by Gasteiger charge is -2.23. The number of hydrogen-bond donors (Lipinski definition) is 3. The number of sulfonamides is 1. The fraction of sp³-hybridized carbons (Fsp3) is 0.562. The third-order valence-electron chi connectivity index (χ3n) is 3.21. The maximum atomic E-state index is 14.0. The monoisotopic (exact) mass is 359 g/mol. The molecule has 0 bridgehead atoms. The minimum atomic E-state index is -4.06. The fourth-order valence-electron chi connectivity index (χ4n) is 2.15. The molecular formula is C16H26FN3O3S. The highest BCUT2D eigenvalue weighted by Crippen LogP contribution is 2.22. The molecule has 0 aliphatic carbocycles. The van der Waals surface area contributed by atoms with Crippen molar-refractivity contribution in [2.75, 3.05) is 5.32 Å². The van der Waals surface area contributed by atoms with Gasteiger partial charge < -0.3 is 11.1 Å². The molecule has 6 nitrogen and oxygen atoms in total. The summed E-state index contributed by atoms with van der Waals surface area (Å²) in [5.41, 5.74) is 4.25. The Kier molecular flexibility index (Phi) is 6.13. The molecule has 1 rings (SSSR count). The van der Waals surface area contributed by atoms with Gasteiger partial charge in [-0.05, 0) is 52.3 Å². The van der Waals surface area contributed by atoms with Gasteiger partial charge in [0, 0.05) is 11.2 Å². The van der Waals surface area contributed by atoms with Crippen LogP contribution in [0, 0.1) is 5.82 Å². The van der Waals surface area contributed by atoms with Crippen LogP contribution in [0.4, 0.5) is 10.1 Å². The van der Waals surface area contributed by atoms with Gasteiger partial charge in [-0.1, -0.05) is 13.3 Å². The van der Waals surface area contributed by atoms with Gasteiger partial charge in [-0.25, -0.2) is 17.5 Å². The number of carbonyl (C=O) groups is 1. The van der Waals surface area contributed by atoms with Crippen LogP contribution in [-0.4, -0.2) is 25.4 Å². The van der Waals surface area contributed by atoms with Crippen LogP contribution in [0.5, 0.6) is 0 Å². The van der Waals surface area contributed by atoms with E-state index in [0.29, 0.717) is 6.42 Å². The van der Waals surface area contributed by atoms with E-state index in [1.165, 1.54) is 6.07 Å². The molecular weight excluding hydrogens is 333 g/mol. The van der Waals surface area contributed by atoms with E-state index in [0.717, 1.165) is 18.6 Å². The molecule has 0 fully saturated rings. The van der Waals surface area contributed by atoms with Crippen LogP contribution in [0.2, 0.25) is 0 Å². The Labute approximate surface area is 143 Å². The summed E-state index contributed by atoms with van der Waals surface area (Å²) in [7, 11) is -4.06. The summed E-state index contributed by atoms with van der Waals surface area (Å²) in [6.07, 6.45) is 1.19. The average molecular weight is 359 g/mol. The Hall–Kier alpha value is -1.51. The first-order valence-corrected chi connectivity index (χ1v) is 9.21. The second kappa shape index (κ2) is 7.16. The maximum Gasteiger partial charge on any atom is 0.244 e. The fourth-order valence-corrected chi connectivity index (χ4v) is 3.67. The number of nitrogens with two attached hydrogens (primary N) is 1.